The number of aromatic nitrogens is 2. The number of hydrogen-bond acceptors (Lipinski definition) is 4. The minimum atomic E-state index is 0.353. The van der Waals surface area contributed by atoms with Gasteiger partial charge in [0.1, 0.15) is 21.9 Å². The van der Waals surface area contributed by atoms with E-state index in [0.29, 0.717) is 49.5 Å². The van der Waals surface area contributed by atoms with E-state index in [0.717, 1.165) is 16.6 Å². The van der Waals surface area contributed by atoms with Crippen molar-refractivity contribution in [3.05, 3.63) is 51.8 Å². The van der Waals surface area contributed by atoms with Crippen LogP contribution in [-0.2, 0) is 11.3 Å². The second-order valence-electron chi connectivity index (χ2n) is 5.48. The van der Waals surface area contributed by atoms with Gasteiger partial charge in [0.25, 0.3) is 0 Å². The molecule has 124 valence electrons. The third-order valence-corrected chi connectivity index (χ3v) is 4.71. The molecule has 0 spiro atoms. The minimum absolute atomic E-state index is 0.353. The van der Waals surface area contributed by atoms with Crippen molar-refractivity contribution in [2.75, 3.05) is 12.8 Å². The number of methoxy groups -OCH3 is 1. The highest BCUT2D eigenvalue weighted by Crippen LogP contribution is 2.32. The fourth-order valence-corrected chi connectivity index (χ4v) is 3.59. The summed E-state index contributed by atoms with van der Waals surface area (Å²) in [7, 11) is 1.60. The van der Waals surface area contributed by atoms with Gasteiger partial charge in [-0.15, -0.1) is 0 Å². The first-order chi connectivity index (χ1) is 11.5. The lowest BCUT2D eigenvalue weighted by Crippen LogP contribution is -2.12. The fourth-order valence-electron chi connectivity index (χ4n) is 2.90. The standard InChI is InChI=1S/C17H16ClN3O2S/c1-8-6-11(19)14(9(2)15(8)23-3)16(24-22)17-20-12-5-4-10(18)7-13(12)21-17/h4-7H,19H2,1-3H3,(H,20,21). The largest absolute Gasteiger partial charge is 0.496 e. The van der Waals surface area contributed by atoms with Gasteiger partial charge in [-0.25, -0.2) is 9.19 Å². The molecular weight excluding hydrogens is 346 g/mol. The second kappa shape index (κ2) is 6.30. The zero-order chi connectivity index (χ0) is 17.4. The average Bonchev–Trinajstić information content (AvgIpc) is 2.94. The molecular formula is C17H16ClN3O2S. The smallest absolute Gasteiger partial charge is 0.152 e. The number of aryl methyl sites for hydroxylation is 1. The molecule has 0 saturated carbocycles. The first-order valence-electron chi connectivity index (χ1n) is 7.22. The fraction of sp³-hybridized carbons (Fsp3) is 0.176. The van der Waals surface area contributed by atoms with Gasteiger partial charge in [-0.1, -0.05) is 11.6 Å². The summed E-state index contributed by atoms with van der Waals surface area (Å²) < 4.78 is 17.3. The van der Waals surface area contributed by atoms with Crippen LogP contribution in [0.15, 0.2) is 24.3 Å². The molecule has 1 heterocycles. The SMILES string of the molecule is COc1c(C)cc(N)c(C(=S=O)c2nc3cc(Cl)ccc3[nH]2)c1C. The van der Waals surface area contributed by atoms with E-state index in [1.807, 2.05) is 19.9 Å². The Morgan fingerprint density at radius 2 is 2.08 bits per heavy atom. The maximum absolute atomic E-state index is 11.9. The lowest BCUT2D eigenvalue weighted by Gasteiger charge is -2.15. The molecule has 3 rings (SSSR count). The highest BCUT2D eigenvalue weighted by Gasteiger charge is 2.20. The Hall–Kier alpha value is -2.31. The summed E-state index contributed by atoms with van der Waals surface area (Å²) in [5.74, 6) is 1.18. The topological polar surface area (TPSA) is 81.0 Å². The van der Waals surface area contributed by atoms with Gasteiger partial charge in [0, 0.05) is 21.8 Å². The molecule has 0 amide bonds. The lowest BCUT2D eigenvalue weighted by molar-refractivity contribution is 0.408. The van der Waals surface area contributed by atoms with Crippen molar-refractivity contribution >= 4 is 44.4 Å². The Bertz CT molecular complexity index is 1010. The van der Waals surface area contributed by atoms with E-state index < -0.39 is 0 Å². The molecule has 0 saturated heterocycles. The molecule has 24 heavy (non-hydrogen) atoms. The Kier molecular flexibility index (Phi) is 4.34. The molecule has 0 unspecified atom stereocenters. The molecule has 2 aromatic carbocycles. The van der Waals surface area contributed by atoms with Gasteiger partial charge in [-0.2, -0.15) is 0 Å². The number of halogens is 1. The summed E-state index contributed by atoms with van der Waals surface area (Å²) in [6, 6.07) is 7.14. The molecule has 0 aliphatic carbocycles. The number of fused-ring (bicyclic) bond motifs is 1. The quantitative estimate of drug-likeness (QED) is 0.426. The van der Waals surface area contributed by atoms with E-state index >= 15 is 0 Å². The molecule has 0 bridgehead atoms. The van der Waals surface area contributed by atoms with Crippen LogP contribution in [0.3, 0.4) is 0 Å². The summed E-state index contributed by atoms with van der Waals surface area (Å²) in [6.45, 7) is 3.80. The van der Waals surface area contributed by atoms with Crippen LogP contribution in [0.25, 0.3) is 11.0 Å². The monoisotopic (exact) mass is 361 g/mol. The van der Waals surface area contributed by atoms with E-state index in [-0.39, 0.29) is 0 Å². The summed E-state index contributed by atoms with van der Waals surface area (Å²) in [6.07, 6.45) is 0. The third kappa shape index (κ3) is 2.68. The number of nitrogens with one attached hydrogen (secondary N) is 1. The van der Waals surface area contributed by atoms with E-state index in [1.54, 1.807) is 25.3 Å². The number of hydrogen-bond donors (Lipinski definition) is 2. The Balaban J connectivity index is 2.24. The summed E-state index contributed by atoms with van der Waals surface area (Å²) in [4.78, 5) is 8.07. The number of aromatic amines is 1. The van der Waals surface area contributed by atoms with Crippen molar-refractivity contribution in [3.63, 3.8) is 0 Å². The van der Waals surface area contributed by atoms with Crippen molar-refractivity contribution in [3.8, 4) is 5.75 Å². The van der Waals surface area contributed by atoms with E-state index in [1.165, 1.54) is 0 Å². The number of ether oxygens (including phenoxy) is 1. The van der Waals surface area contributed by atoms with Gasteiger partial charge >= 0.3 is 0 Å². The van der Waals surface area contributed by atoms with Crippen molar-refractivity contribution in [1.29, 1.82) is 0 Å². The highest BCUT2D eigenvalue weighted by atomic mass is 35.5. The molecule has 0 atom stereocenters. The Labute approximate surface area is 147 Å². The normalized spacial score (nSPS) is 10.8. The maximum atomic E-state index is 11.9. The predicted molar refractivity (Wildman–Crippen MR) is 99.3 cm³/mol. The number of benzene rings is 2. The van der Waals surface area contributed by atoms with Gasteiger partial charge in [0.15, 0.2) is 5.82 Å². The Morgan fingerprint density at radius 1 is 1.33 bits per heavy atom. The van der Waals surface area contributed by atoms with Crippen LogP contribution in [0, 0.1) is 13.8 Å². The summed E-state index contributed by atoms with van der Waals surface area (Å²) >= 11 is 6.35. The Morgan fingerprint density at radius 3 is 2.75 bits per heavy atom. The third-order valence-electron chi connectivity index (χ3n) is 3.91. The van der Waals surface area contributed by atoms with Crippen molar-refractivity contribution in [2.24, 2.45) is 0 Å². The second-order valence-corrected chi connectivity index (χ2v) is 6.49. The number of nitrogen functional groups attached to an aromatic ring is 1. The van der Waals surface area contributed by atoms with Crippen LogP contribution in [0.1, 0.15) is 22.5 Å². The van der Waals surface area contributed by atoms with E-state index in [4.69, 9.17) is 22.1 Å². The molecule has 1 aromatic heterocycles. The molecule has 0 radical (unpaired) electrons. The number of H-pyrrole nitrogens is 1. The maximum Gasteiger partial charge on any atom is 0.152 e. The van der Waals surface area contributed by atoms with E-state index in [9.17, 15) is 4.21 Å². The van der Waals surface area contributed by atoms with Crippen LogP contribution in [-0.4, -0.2) is 26.2 Å². The lowest BCUT2D eigenvalue weighted by atomic mass is 9.98. The number of nitrogens with zero attached hydrogens (tertiary/aromatic N) is 1. The molecule has 0 fully saturated rings. The van der Waals surface area contributed by atoms with Gasteiger partial charge in [-0.05, 0) is 43.7 Å². The van der Waals surface area contributed by atoms with Crippen LogP contribution < -0.4 is 10.5 Å². The number of nitrogens with two attached hydrogens (primary N) is 1. The van der Waals surface area contributed by atoms with Gasteiger partial charge in [-0.3, -0.25) is 0 Å². The molecule has 3 N–H and O–H groups in total. The van der Waals surface area contributed by atoms with Gasteiger partial charge in [0.05, 0.1) is 18.1 Å². The van der Waals surface area contributed by atoms with Crippen molar-refractivity contribution in [2.45, 2.75) is 13.8 Å². The minimum Gasteiger partial charge on any atom is -0.496 e. The number of rotatable bonds is 3. The first-order valence-corrected chi connectivity index (χ1v) is 8.34. The molecule has 5 nitrogen and oxygen atoms in total. The zero-order valence-electron chi connectivity index (χ0n) is 13.4. The van der Waals surface area contributed by atoms with Crippen LogP contribution in [0.2, 0.25) is 5.02 Å². The molecule has 0 aliphatic rings. The van der Waals surface area contributed by atoms with Gasteiger partial charge < -0.3 is 15.5 Å². The van der Waals surface area contributed by atoms with Crippen molar-refractivity contribution in [1.82, 2.24) is 9.97 Å². The average molecular weight is 362 g/mol. The zero-order valence-corrected chi connectivity index (χ0v) is 15.0. The summed E-state index contributed by atoms with van der Waals surface area (Å²) in [5, 5.41) is 0.588. The molecule has 3 aromatic rings. The summed E-state index contributed by atoms with van der Waals surface area (Å²) in [5.41, 5.74) is 10.6. The first kappa shape index (κ1) is 16.5. The number of imidazole rings is 1. The molecule has 7 heteroatoms. The molecule has 0 aliphatic heterocycles. The van der Waals surface area contributed by atoms with Crippen LogP contribution in [0.4, 0.5) is 5.69 Å². The number of anilines is 1. The highest BCUT2D eigenvalue weighted by molar-refractivity contribution is 7.67. The predicted octanol–water partition coefficient (Wildman–Crippen LogP) is 3.21. The van der Waals surface area contributed by atoms with Crippen molar-refractivity contribution < 1.29 is 8.95 Å². The van der Waals surface area contributed by atoms with Gasteiger partial charge in [0.2, 0.25) is 0 Å². The van der Waals surface area contributed by atoms with E-state index in [2.05, 4.69) is 9.97 Å². The van der Waals surface area contributed by atoms with Crippen LogP contribution in [0.5, 0.6) is 5.75 Å². The van der Waals surface area contributed by atoms with Crippen LogP contribution >= 0.6 is 11.6 Å².